The fourth-order valence-corrected chi connectivity index (χ4v) is 1.96. The Morgan fingerprint density at radius 2 is 2.05 bits per heavy atom. The molecule has 0 fully saturated rings. The van der Waals surface area contributed by atoms with Crippen molar-refractivity contribution in [3.05, 3.63) is 47.8 Å². The highest BCUT2D eigenvalue weighted by Gasteiger charge is 2.16. The van der Waals surface area contributed by atoms with Crippen LogP contribution in [0.15, 0.2) is 36.7 Å². The molecule has 0 saturated carbocycles. The molecule has 0 aliphatic carbocycles. The summed E-state index contributed by atoms with van der Waals surface area (Å²) in [6.07, 6.45) is 3.35. The third-order valence-electron chi connectivity index (χ3n) is 3.29. The van der Waals surface area contributed by atoms with E-state index in [0.717, 1.165) is 11.3 Å². The molecule has 0 aliphatic heterocycles. The Labute approximate surface area is 124 Å². The Bertz CT molecular complexity index is 603. The van der Waals surface area contributed by atoms with Crippen LogP contribution in [0.1, 0.15) is 17.2 Å². The summed E-state index contributed by atoms with van der Waals surface area (Å²) in [6.45, 7) is 0.459. The van der Waals surface area contributed by atoms with E-state index >= 15 is 0 Å². The first kappa shape index (κ1) is 15.1. The molecule has 1 aromatic heterocycles. The van der Waals surface area contributed by atoms with Gasteiger partial charge in [0.1, 0.15) is 6.04 Å². The van der Waals surface area contributed by atoms with Crippen LogP contribution in [0.4, 0.5) is 5.69 Å². The second kappa shape index (κ2) is 6.41. The number of hydrogen-bond donors (Lipinski definition) is 2. The highest BCUT2D eigenvalue weighted by Crippen LogP contribution is 2.13. The molecule has 6 heteroatoms. The fourth-order valence-electron chi connectivity index (χ4n) is 1.96. The number of rotatable bonds is 5. The predicted octanol–water partition coefficient (Wildman–Crippen LogP) is 0.802. The largest absolute Gasteiger partial charge is 0.378 e. The van der Waals surface area contributed by atoms with Gasteiger partial charge in [-0.3, -0.25) is 9.48 Å². The van der Waals surface area contributed by atoms with E-state index < -0.39 is 6.04 Å². The number of aryl methyl sites for hydroxylation is 1. The van der Waals surface area contributed by atoms with Gasteiger partial charge in [0, 0.05) is 45.1 Å². The fraction of sp³-hybridized carbons (Fsp3) is 0.333. The molecule has 3 N–H and O–H groups in total. The summed E-state index contributed by atoms with van der Waals surface area (Å²) in [7, 11) is 5.77. The highest BCUT2D eigenvalue weighted by molar-refractivity contribution is 5.82. The number of nitrogens with zero attached hydrogens (tertiary/aromatic N) is 3. The van der Waals surface area contributed by atoms with Crippen molar-refractivity contribution in [3.8, 4) is 0 Å². The molecule has 112 valence electrons. The van der Waals surface area contributed by atoms with E-state index in [1.54, 1.807) is 24.1 Å². The Morgan fingerprint density at radius 1 is 1.38 bits per heavy atom. The normalized spacial score (nSPS) is 12.0. The van der Waals surface area contributed by atoms with Crippen LogP contribution in [-0.2, 0) is 18.4 Å². The van der Waals surface area contributed by atoms with E-state index in [4.69, 9.17) is 5.73 Å². The summed E-state index contributed by atoms with van der Waals surface area (Å²) in [4.78, 5) is 14.0. The molecule has 21 heavy (non-hydrogen) atoms. The zero-order valence-corrected chi connectivity index (χ0v) is 12.6. The summed E-state index contributed by atoms with van der Waals surface area (Å²) < 4.78 is 1.63. The van der Waals surface area contributed by atoms with Crippen molar-refractivity contribution in [2.75, 3.05) is 19.0 Å². The van der Waals surface area contributed by atoms with Crippen molar-refractivity contribution >= 4 is 11.6 Å². The maximum Gasteiger partial charge on any atom is 0.241 e. The van der Waals surface area contributed by atoms with Crippen LogP contribution in [-0.4, -0.2) is 29.8 Å². The number of carbonyl (C=O) groups is 1. The Balaban J connectivity index is 1.91. The Kier molecular flexibility index (Phi) is 4.59. The second-order valence-electron chi connectivity index (χ2n) is 5.20. The van der Waals surface area contributed by atoms with Gasteiger partial charge in [0.05, 0.1) is 6.20 Å². The highest BCUT2D eigenvalue weighted by atomic mass is 16.2. The van der Waals surface area contributed by atoms with Crippen molar-refractivity contribution in [2.24, 2.45) is 12.8 Å². The lowest BCUT2D eigenvalue weighted by atomic mass is 10.1. The lowest BCUT2D eigenvalue weighted by molar-refractivity contribution is -0.122. The number of amides is 1. The van der Waals surface area contributed by atoms with Crippen LogP contribution in [0.25, 0.3) is 0 Å². The topological polar surface area (TPSA) is 76.2 Å². The molecule has 2 rings (SSSR count). The monoisotopic (exact) mass is 287 g/mol. The van der Waals surface area contributed by atoms with Gasteiger partial charge < -0.3 is 16.0 Å². The molecular formula is C15H21N5O. The molecule has 6 nitrogen and oxygen atoms in total. The van der Waals surface area contributed by atoms with Crippen LogP contribution in [0.5, 0.6) is 0 Å². The number of nitrogens with one attached hydrogen (secondary N) is 1. The van der Waals surface area contributed by atoms with Gasteiger partial charge in [-0.15, -0.1) is 0 Å². The minimum atomic E-state index is -0.695. The number of carbonyl (C=O) groups excluding carboxylic acids is 1. The average Bonchev–Trinajstić information content (AvgIpc) is 2.91. The summed E-state index contributed by atoms with van der Waals surface area (Å²) in [5.41, 5.74) is 8.77. The number of benzene rings is 1. The van der Waals surface area contributed by atoms with Crippen molar-refractivity contribution < 1.29 is 4.79 Å². The van der Waals surface area contributed by atoms with Crippen molar-refractivity contribution in [1.82, 2.24) is 15.1 Å². The van der Waals surface area contributed by atoms with E-state index in [0.29, 0.717) is 12.1 Å². The standard InChI is InChI=1S/C15H21N5O/c1-19(2)13-6-4-11(5-7-13)8-17-15(21)14(16)12-9-18-20(3)10-12/h4-7,9-10,14H,8,16H2,1-3H3,(H,17,21). The van der Waals surface area contributed by atoms with Crippen LogP contribution in [0.3, 0.4) is 0 Å². The molecule has 0 bridgehead atoms. The minimum absolute atomic E-state index is 0.209. The molecule has 0 radical (unpaired) electrons. The van der Waals surface area contributed by atoms with Gasteiger partial charge >= 0.3 is 0 Å². The van der Waals surface area contributed by atoms with Gasteiger partial charge in [0.2, 0.25) is 5.91 Å². The molecule has 0 saturated heterocycles. The van der Waals surface area contributed by atoms with E-state index in [1.165, 1.54) is 0 Å². The molecule has 2 aromatic rings. The zero-order valence-electron chi connectivity index (χ0n) is 12.6. The smallest absolute Gasteiger partial charge is 0.241 e. The predicted molar refractivity (Wildman–Crippen MR) is 82.8 cm³/mol. The minimum Gasteiger partial charge on any atom is -0.378 e. The summed E-state index contributed by atoms with van der Waals surface area (Å²) in [5, 5.41) is 6.86. The number of aromatic nitrogens is 2. The van der Waals surface area contributed by atoms with E-state index in [1.807, 2.05) is 43.3 Å². The van der Waals surface area contributed by atoms with Gasteiger partial charge in [-0.1, -0.05) is 12.1 Å². The molecular weight excluding hydrogens is 266 g/mol. The third kappa shape index (κ3) is 3.82. The van der Waals surface area contributed by atoms with Crippen LogP contribution in [0, 0.1) is 0 Å². The summed E-state index contributed by atoms with van der Waals surface area (Å²) in [6, 6.07) is 7.32. The lowest BCUT2D eigenvalue weighted by Gasteiger charge is -2.14. The third-order valence-corrected chi connectivity index (χ3v) is 3.29. The van der Waals surface area contributed by atoms with Crippen molar-refractivity contribution in [2.45, 2.75) is 12.6 Å². The van der Waals surface area contributed by atoms with Gasteiger partial charge in [0.15, 0.2) is 0 Å². The van der Waals surface area contributed by atoms with E-state index in [-0.39, 0.29) is 5.91 Å². The van der Waals surface area contributed by atoms with Gasteiger partial charge in [-0.25, -0.2) is 0 Å². The number of hydrogen-bond acceptors (Lipinski definition) is 4. The van der Waals surface area contributed by atoms with Gasteiger partial charge in [-0.2, -0.15) is 5.10 Å². The SMILES string of the molecule is CN(C)c1ccc(CNC(=O)C(N)c2cnn(C)c2)cc1. The van der Waals surface area contributed by atoms with Crippen LogP contribution in [0.2, 0.25) is 0 Å². The molecule has 1 atom stereocenters. The Morgan fingerprint density at radius 3 is 2.57 bits per heavy atom. The van der Waals surface area contributed by atoms with E-state index in [9.17, 15) is 4.79 Å². The van der Waals surface area contributed by atoms with Crippen LogP contribution >= 0.6 is 0 Å². The van der Waals surface area contributed by atoms with Crippen LogP contribution < -0.4 is 16.0 Å². The quantitative estimate of drug-likeness (QED) is 0.853. The zero-order chi connectivity index (χ0) is 15.4. The van der Waals surface area contributed by atoms with Gasteiger partial charge in [0.25, 0.3) is 0 Å². The maximum absolute atomic E-state index is 12.0. The molecule has 1 unspecified atom stereocenters. The molecule has 1 aromatic carbocycles. The Hall–Kier alpha value is -2.34. The molecule has 1 amide bonds. The molecule has 0 aliphatic rings. The lowest BCUT2D eigenvalue weighted by Crippen LogP contribution is -2.33. The molecule has 0 spiro atoms. The second-order valence-corrected chi connectivity index (χ2v) is 5.20. The van der Waals surface area contributed by atoms with Crippen molar-refractivity contribution in [3.63, 3.8) is 0 Å². The summed E-state index contributed by atoms with van der Waals surface area (Å²) >= 11 is 0. The first-order valence-corrected chi connectivity index (χ1v) is 6.75. The van der Waals surface area contributed by atoms with E-state index in [2.05, 4.69) is 10.4 Å². The summed E-state index contributed by atoms with van der Waals surface area (Å²) in [5.74, 6) is -0.209. The number of nitrogens with two attached hydrogens (primary N) is 1. The first-order valence-electron chi connectivity index (χ1n) is 6.75. The maximum atomic E-state index is 12.0. The molecule has 1 heterocycles. The first-order chi connectivity index (χ1) is 9.97. The van der Waals surface area contributed by atoms with Gasteiger partial charge in [-0.05, 0) is 17.7 Å². The number of anilines is 1. The van der Waals surface area contributed by atoms with Crippen molar-refractivity contribution in [1.29, 1.82) is 0 Å². The average molecular weight is 287 g/mol.